The van der Waals surface area contributed by atoms with Crippen LogP contribution in [0.3, 0.4) is 0 Å². The van der Waals surface area contributed by atoms with Crippen LogP contribution in [0.2, 0.25) is 0 Å². The lowest BCUT2D eigenvalue weighted by Crippen LogP contribution is -2.50. The maximum Gasteiger partial charge on any atom is 0.330 e. The number of nitrogens with one attached hydrogen (secondary N) is 1. The number of hydrogen-bond donors (Lipinski definition) is 2. The second kappa shape index (κ2) is 7.53. The summed E-state index contributed by atoms with van der Waals surface area (Å²) >= 11 is 0. The van der Waals surface area contributed by atoms with Gasteiger partial charge in [-0.05, 0) is 36.8 Å². The Hall–Kier alpha value is -3.29. The molecule has 0 aliphatic carbocycles. The second-order valence-corrected chi connectivity index (χ2v) is 5.98. The third kappa shape index (κ3) is 3.79. The molecule has 0 saturated heterocycles. The van der Waals surface area contributed by atoms with Crippen molar-refractivity contribution in [3.05, 3.63) is 53.8 Å². The van der Waals surface area contributed by atoms with E-state index in [0.29, 0.717) is 11.5 Å². The Labute approximate surface area is 154 Å². The smallest absolute Gasteiger partial charge is 0.330 e. The van der Waals surface area contributed by atoms with Crippen LogP contribution in [0.25, 0.3) is 0 Å². The first-order valence-electron chi connectivity index (χ1n) is 8.19. The summed E-state index contributed by atoms with van der Waals surface area (Å²) in [6.45, 7) is 1.64. The van der Waals surface area contributed by atoms with E-state index in [2.05, 4.69) is 5.32 Å². The van der Waals surface area contributed by atoms with Crippen molar-refractivity contribution in [2.75, 3.05) is 7.11 Å². The third-order valence-electron chi connectivity index (χ3n) is 4.14. The van der Waals surface area contributed by atoms with Gasteiger partial charge in [0.25, 0.3) is 5.91 Å². The van der Waals surface area contributed by atoms with Crippen LogP contribution >= 0.6 is 0 Å². The number of rotatable bonds is 5. The Bertz CT molecular complexity index is 871. The molecule has 3 atom stereocenters. The summed E-state index contributed by atoms with van der Waals surface area (Å²) in [5.41, 5.74) is 0.0685. The summed E-state index contributed by atoms with van der Waals surface area (Å²) in [6.07, 6.45) is -1.69. The Morgan fingerprint density at radius 2 is 1.85 bits per heavy atom. The maximum atomic E-state index is 13.9. The van der Waals surface area contributed by atoms with Crippen LogP contribution in [0, 0.1) is 5.82 Å². The minimum Gasteiger partial charge on any atom is -0.494 e. The molecule has 8 heteroatoms. The monoisotopic (exact) mass is 375 g/mol. The minimum absolute atomic E-state index is 0.0246. The molecule has 0 fully saturated rings. The van der Waals surface area contributed by atoms with Crippen molar-refractivity contribution in [3.8, 4) is 17.2 Å². The number of halogens is 1. The molecule has 0 saturated carbocycles. The molecule has 0 bridgehead atoms. The van der Waals surface area contributed by atoms with Gasteiger partial charge in [0.15, 0.2) is 29.1 Å². The Morgan fingerprint density at radius 3 is 2.44 bits per heavy atom. The lowest BCUT2D eigenvalue weighted by atomic mass is 10.1. The lowest BCUT2D eigenvalue weighted by molar-refractivity contribution is -0.144. The van der Waals surface area contributed by atoms with Crippen molar-refractivity contribution in [2.45, 2.75) is 25.2 Å². The van der Waals surface area contributed by atoms with Crippen LogP contribution in [-0.4, -0.2) is 36.3 Å². The van der Waals surface area contributed by atoms with Gasteiger partial charge in [-0.1, -0.05) is 18.2 Å². The van der Waals surface area contributed by atoms with Crippen molar-refractivity contribution >= 4 is 11.9 Å². The number of amides is 1. The van der Waals surface area contributed by atoms with E-state index in [9.17, 15) is 19.1 Å². The number of para-hydroxylation sites is 2. The Kier molecular flexibility index (Phi) is 5.16. The number of hydrogen-bond acceptors (Lipinski definition) is 5. The SMILES string of the molecule is COc1ccc(C(NC(=O)C2Oc3ccccc3OC2C)C(=O)O)cc1F. The van der Waals surface area contributed by atoms with E-state index in [1.165, 1.54) is 19.2 Å². The zero-order chi connectivity index (χ0) is 19.6. The maximum absolute atomic E-state index is 13.9. The van der Waals surface area contributed by atoms with Gasteiger partial charge in [0.05, 0.1) is 7.11 Å². The molecule has 2 aromatic rings. The van der Waals surface area contributed by atoms with Gasteiger partial charge in [-0.2, -0.15) is 0 Å². The topological polar surface area (TPSA) is 94.1 Å². The molecule has 27 heavy (non-hydrogen) atoms. The summed E-state index contributed by atoms with van der Waals surface area (Å²) in [5, 5.41) is 11.9. The fraction of sp³-hybridized carbons (Fsp3) is 0.263. The largest absolute Gasteiger partial charge is 0.494 e. The van der Waals surface area contributed by atoms with Gasteiger partial charge in [-0.15, -0.1) is 0 Å². The van der Waals surface area contributed by atoms with Crippen LogP contribution in [-0.2, 0) is 9.59 Å². The van der Waals surface area contributed by atoms with Gasteiger partial charge < -0.3 is 24.6 Å². The van der Waals surface area contributed by atoms with E-state index >= 15 is 0 Å². The zero-order valence-electron chi connectivity index (χ0n) is 14.6. The molecule has 142 valence electrons. The van der Waals surface area contributed by atoms with E-state index in [1.807, 2.05) is 0 Å². The third-order valence-corrected chi connectivity index (χ3v) is 4.14. The van der Waals surface area contributed by atoms with Crippen LogP contribution in [0.15, 0.2) is 42.5 Å². The summed E-state index contributed by atoms with van der Waals surface area (Å²) in [6, 6.07) is 9.08. The Morgan fingerprint density at radius 1 is 1.19 bits per heavy atom. The predicted octanol–water partition coefficient (Wildman–Crippen LogP) is 2.30. The average molecular weight is 375 g/mol. The number of ether oxygens (including phenoxy) is 3. The standard InChI is InChI=1S/C19H18FNO6/c1-10-17(27-15-6-4-3-5-14(15)26-10)18(22)21-16(19(23)24)11-7-8-13(25-2)12(20)9-11/h3-10,16-17H,1-2H3,(H,21,22)(H,23,24). The summed E-state index contributed by atoms with van der Waals surface area (Å²) in [7, 11) is 1.30. The highest BCUT2D eigenvalue weighted by molar-refractivity contribution is 5.88. The van der Waals surface area contributed by atoms with E-state index in [4.69, 9.17) is 14.2 Å². The van der Waals surface area contributed by atoms with Crippen molar-refractivity contribution in [1.82, 2.24) is 5.32 Å². The number of carboxylic acid groups (broad SMARTS) is 1. The van der Waals surface area contributed by atoms with Gasteiger partial charge >= 0.3 is 5.97 Å². The molecule has 1 aliphatic heterocycles. The predicted molar refractivity (Wildman–Crippen MR) is 92.4 cm³/mol. The highest BCUT2D eigenvalue weighted by Crippen LogP contribution is 2.33. The van der Waals surface area contributed by atoms with Gasteiger partial charge in [0.1, 0.15) is 6.10 Å². The number of carbonyl (C=O) groups excluding carboxylic acids is 1. The van der Waals surface area contributed by atoms with E-state index < -0.39 is 35.9 Å². The van der Waals surface area contributed by atoms with Crippen LogP contribution < -0.4 is 19.5 Å². The fourth-order valence-corrected chi connectivity index (χ4v) is 2.78. The molecule has 1 aliphatic rings. The first kappa shape index (κ1) is 18.5. The van der Waals surface area contributed by atoms with E-state index in [0.717, 1.165) is 6.07 Å². The second-order valence-electron chi connectivity index (χ2n) is 5.98. The van der Waals surface area contributed by atoms with Gasteiger partial charge in [0, 0.05) is 0 Å². The number of fused-ring (bicyclic) bond motifs is 1. The Balaban J connectivity index is 1.80. The highest BCUT2D eigenvalue weighted by Gasteiger charge is 2.36. The van der Waals surface area contributed by atoms with E-state index in [1.54, 1.807) is 31.2 Å². The summed E-state index contributed by atoms with van der Waals surface area (Å²) < 4.78 is 30.0. The molecule has 2 N–H and O–H groups in total. The first-order chi connectivity index (χ1) is 12.9. The number of methoxy groups -OCH3 is 1. The van der Waals surface area contributed by atoms with Crippen LogP contribution in [0.5, 0.6) is 17.2 Å². The average Bonchev–Trinajstić information content (AvgIpc) is 2.65. The van der Waals surface area contributed by atoms with Crippen molar-refractivity contribution in [1.29, 1.82) is 0 Å². The molecular formula is C19H18FNO6. The number of carboxylic acids is 1. The normalized spacial score (nSPS) is 19.1. The molecule has 0 radical (unpaired) electrons. The van der Waals surface area contributed by atoms with Crippen LogP contribution in [0.4, 0.5) is 4.39 Å². The first-order valence-corrected chi connectivity index (χ1v) is 8.19. The van der Waals surface area contributed by atoms with Gasteiger partial charge in [-0.25, -0.2) is 9.18 Å². The molecule has 7 nitrogen and oxygen atoms in total. The molecule has 1 heterocycles. The zero-order valence-corrected chi connectivity index (χ0v) is 14.6. The lowest BCUT2D eigenvalue weighted by Gasteiger charge is -2.31. The van der Waals surface area contributed by atoms with E-state index in [-0.39, 0.29) is 11.3 Å². The molecular weight excluding hydrogens is 357 g/mol. The van der Waals surface area contributed by atoms with Crippen molar-refractivity contribution in [2.24, 2.45) is 0 Å². The number of benzene rings is 2. The molecule has 1 amide bonds. The van der Waals surface area contributed by atoms with Gasteiger partial charge in [0.2, 0.25) is 6.10 Å². The molecule has 3 unspecified atom stereocenters. The molecule has 2 aromatic carbocycles. The van der Waals surface area contributed by atoms with Gasteiger partial charge in [-0.3, -0.25) is 4.79 Å². The highest BCUT2D eigenvalue weighted by atomic mass is 19.1. The fourth-order valence-electron chi connectivity index (χ4n) is 2.78. The minimum atomic E-state index is -1.45. The van der Waals surface area contributed by atoms with Crippen molar-refractivity contribution < 1.29 is 33.3 Å². The quantitative estimate of drug-likeness (QED) is 0.833. The summed E-state index contributed by atoms with van der Waals surface area (Å²) in [4.78, 5) is 24.2. The molecule has 0 spiro atoms. The van der Waals surface area contributed by atoms with Crippen LogP contribution in [0.1, 0.15) is 18.5 Å². The molecule has 3 rings (SSSR count). The number of carbonyl (C=O) groups is 2. The summed E-state index contributed by atoms with van der Waals surface area (Å²) in [5.74, 6) is -1.88. The van der Waals surface area contributed by atoms with Crippen molar-refractivity contribution in [3.63, 3.8) is 0 Å². The molecule has 0 aromatic heterocycles. The number of aliphatic carboxylic acids is 1.